The van der Waals surface area contributed by atoms with Gasteiger partial charge in [0.05, 0.1) is 37.7 Å². The smallest absolute Gasteiger partial charge is 0.233 e. The number of halogens is 2. The number of carbonyl (C=O) groups excluding carboxylic acids is 1. The van der Waals surface area contributed by atoms with Crippen LogP contribution < -0.4 is 4.90 Å². The molecule has 2 aliphatic heterocycles. The van der Waals surface area contributed by atoms with Crippen LogP contribution in [0.25, 0.3) is 0 Å². The van der Waals surface area contributed by atoms with Crippen molar-refractivity contribution in [2.45, 2.75) is 17.4 Å². The molecule has 1 amide bonds. The minimum absolute atomic E-state index is 0.0344. The molecule has 0 aliphatic carbocycles. The second-order valence-electron chi connectivity index (χ2n) is 6.50. The number of nitrogens with zero attached hydrogens (tertiary/aromatic N) is 1. The third-order valence-corrected chi connectivity index (χ3v) is 7.57. The average molecular weight is 391 g/mol. The number of quaternary nitrogens is 1. The van der Waals surface area contributed by atoms with Gasteiger partial charge in [0.2, 0.25) is 5.91 Å². The van der Waals surface area contributed by atoms with Crippen LogP contribution in [0.3, 0.4) is 0 Å². The molecule has 1 aromatic carbocycles. The van der Waals surface area contributed by atoms with Gasteiger partial charge < -0.3 is 9.80 Å². The van der Waals surface area contributed by atoms with Gasteiger partial charge in [-0.1, -0.05) is 0 Å². The van der Waals surface area contributed by atoms with Crippen molar-refractivity contribution in [2.75, 3.05) is 43.4 Å². The number of nitrogens with one attached hydrogen (secondary N) is 1. The van der Waals surface area contributed by atoms with E-state index >= 15 is 0 Å². The van der Waals surface area contributed by atoms with E-state index in [9.17, 15) is 22.0 Å². The van der Waals surface area contributed by atoms with Crippen molar-refractivity contribution in [2.24, 2.45) is 0 Å². The molecule has 138 valence electrons. The molecule has 2 aliphatic rings. The molecule has 0 bridgehead atoms. The summed E-state index contributed by atoms with van der Waals surface area (Å²) >= 11 is 1.19. The number of rotatable bonds is 4. The Labute approximate surface area is 150 Å². The van der Waals surface area contributed by atoms with Gasteiger partial charge in [0, 0.05) is 11.3 Å². The number of piperazine rings is 1. The van der Waals surface area contributed by atoms with Crippen molar-refractivity contribution < 1.29 is 26.9 Å². The summed E-state index contributed by atoms with van der Waals surface area (Å²) in [7, 11) is -2.88. The molecule has 2 heterocycles. The number of benzene rings is 1. The lowest BCUT2D eigenvalue weighted by molar-refractivity contribution is -0.925. The van der Waals surface area contributed by atoms with Gasteiger partial charge in [-0.25, -0.2) is 17.2 Å². The van der Waals surface area contributed by atoms with E-state index < -0.39 is 21.5 Å². The Hall–Kier alpha value is -1.19. The van der Waals surface area contributed by atoms with Crippen molar-refractivity contribution in [3.63, 3.8) is 0 Å². The first-order chi connectivity index (χ1) is 11.8. The molecule has 0 aromatic heterocycles. The lowest BCUT2D eigenvalue weighted by Gasteiger charge is -2.35. The van der Waals surface area contributed by atoms with Crippen LogP contribution in [0.5, 0.6) is 0 Å². The number of sulfone groups is 1. The molecule has 3 rings (SSSR count). The van der Waals surface area contributed by atoms with Crippen molar-refractivity contribution in [1.29, 1.82) is 0 Å². The zero-order valence-electron chi connectivity index (χ0n) is 13.7. The summed E-state index contributed by atoms with van der Waals surface area (Å²) in [6, 6.07) is 3.76. The van der Waals surface area contributed by atoms with Crippen LogP contribution in [0.2, 0.25) is 0 Å². The highest BCUT2D eigenvalue weighted by atomic mass is 32.2. The summed E-state index contributed by atoms with van der Waals surface area (Å²) in [5.74, 6) is -1.15. The first-order valence-corrected chi connectivity index (χ1v) is 11.1. The molecular formula is C16H21F2N2O3S2+. The second kappa shape index (κ2) is 7.59. The van der Waals surface area contributed by atoms with E-state index in [4.69, 9.17) is 0 Å². The summed E-state index contributed by atoms with van der Waals surface area (Å²) in [5.41, 5.74) is 0. The van der Waals surface area contributed by atoms with Crippen molar-refractivity contribution in [3.8, 4) is 0 Å². The molecule has 2 saturated heterocycles. The van der Waals surface area contributed by atoms with Crippen LogP contribution >= 0.6 is 11.8 Å². The molecule has 1 aromatic rings. The van der Waals surface area contributed by atoms with E-state index in [1.807, 2.05) is 0 Å². The van der Waals surface area contributed by atoms with E-state index in [-0.39, 0.29) is 29.2 Å². The first-order valence-electron chi connectivity index (χ1n) is 8.25. The van der Waals surface area contributed by atoms with Gasteiger partial charge in [0.1, 0.15) is 11.8 Å². The predicted octanol–water partition coefficient (Wildman–Crippen LogP) is -0.0289. The van der Waals surface area contributed by atoms with Gasteiger partial charge >= 0.3 is 0 Å². The number of hydrogen-bond donors (Lipinski definition) is 1. The maximum absolute atomic E-state index is 13.2. The number of carbonyl (C=O) groups is 1. The maximum Gasteiger partial charge on any atom is 0.233 e. The topological polar surface area (TPSA) is 58.9 Å². The second-order valence-corrected chi connectivity index (χ2v) is 9.78. The summed E-state index contributed by atoms with van der Waals surface area (Å²) in [4.78, 5) is 15.8. The quantitative estimate of drug-likeness (QED) is 0.733. The fraction of sp³-hybridized carbons (Fsp3) is 0.562. The van der Waals surface area contributed by atoms with Crippen LogP contribution in [-0.4, -0.2) is 68.7 Å². The standard InChI is InChI=1S/C16H20F2N2O3S2/c17-14-2-1-13(9-15(14)18)24-10-16(21)20-6-4-19(5-7-20)12-3-8-25(22,23)11-12/h1-2,9,12H,3-8,10-11H2/p+1/t12-/m1/s1. The molecular weight excluding hydrogens is 370 g/mol. The Balaban J connectivity index is 1.46. The van der Waals surface area contributed by atoms with Crippen molar-refractivity contribution >= 4 is 27.5 Å². The SMILES string of the molecule is O=C(CSc1ccc(F)c(F)c1)N1CC[NH+]([C@@H]2CCS(=O)(=O)C2)CC1. The zero-order valence-corrected chi connectivity index (χ0v) is 15.3. The Bertz CT molecular complexity index is 750. The largest absolute Gasteiger partial charge is 0.331 e. The molecule has 2 fully saturated rings. The van der Waals surface area contributed by atoms with Gasteiger partial charge in [0.25, 0.3) is 0 Å². The van der Waals surface area contributed by atoms with Crippen LogP contribution in [0.1, 0.15) is 6.42 Å². The third kappa shape index (κ3) is 4.71. The highest BCUT2D eigenvalue weighted by Crippen LogP contribution is 2.20. The fourth-order valence-corrected chi connectivity index (χ4v) is 6.02. The molecule has 1 atom stereocenters. The van der Waals surface area contributed by atoms with Crippen molar-refractivity contribution in [1.82, 2.24) is 4.90 Å². The van der Waals surface area contributed by atoms with Gasteiger partial charge in [-0.05, 0) is 18.2 Å². The van der Waals surface area contributed by atoms with Crippen molar-refractivity contribution in [3.05, 3.63) is 29.8 Å². The average Bonchev–Trinajstić information content (AvgIpc) is 2.96. The molecule has 0 unspecified atom stereocenters. The summed E-state index contributed by atoms with van der Waals surface area (Å²) in [6.07, 6.45) is 0.706. The Morgan fingerprint density at radius 2 is 1.96 bits per heavy atom. The third-order valence-electron chi connectivity index (χ3n) is 4.82. The molecule has 9 heteroatoms. The molecule has 25 heavy (non-hydrogen) atoms. The van der Waals surface area contributed by atoms with E-state index in [0.717, 1.165) is 25.2 Å². The lowest BCUT2D eigenvalue weighted by atomic mass is 10.2. The minimum Gasteiger partial charge on any atom is -0.331 e. The zero-order chi connectivity index (χ0) is 18.0. The van der Waals surface area contributed by atoms with Gasteiger partial charge in [-0.3, -0.25) is 4.79 Å². The van der Waals surface area contributed by atoms with Crippen LogP contribution in [0.4, 0.5) is 8.78 Å². The van der Waals surface area contributed by atoms with Crippen LogP contribution in [0, 0.1) is 11.6 Å². The predicted molar refractivity (Wildman–Crippen MR) is 91.4 cm³/mol. The molecule has 0 radical (unpaired) electrons. The normalized spacial score (nSPS) is 23.8. The summed E-state index contributed by atoms with van der Waals surface area (Å²) in [6.45, 7) is 2.70. The number of thioether (sulfide) groups is 1. The molecule has 0 spiro atoms. The Morgan fingerprint density at radius 1 is 1.24 bits per heavy atom. The highest BCUT2D eigenvalue weighted by Gasteiger charge is 2.37. The molecule has 0 saturated carbocycles. The van der Waals surface area contributed by atoms with Gasteiger partial charge in [-0.2, -0.15) is 0 Å². The number of amides is 1. The molecule has 5 nitrogen and oxygen atoms in total. The van der Waals surface area contributed by atoms with E-state index in [1.54, 1.807) is 4.90 Å². The maximum atomic E-state index is 13.2. The first kappa shape index (κ1) is 18.6. The summed E-state index contributed by atoms with van der Waals surface area (Å²) < 4.78 is 49.3. The van der Waals surface area contributed by atoms with Gasteiger partial charge in [0.15, 0.2) is 21.5 Å². The fourth-order valence-electron chi connectivity index (χ4n) is 3.37. The van der Waals surface area contributed by atoms with E-state index in [2.05, 4.69) is 0 Å². The van der Waals surface area contributed by atoms with Crippen LogP contribution in [0.15, 0.2) is 23.1 Å². The number of hydrogen-bond acceptors (Lipinski definition) is 4. The minimum atomic E-state index is -2.88. The van der Waals surface area contributed by atoms with Crippen LogP contribution in [-0.2, 0) is 14.6 Å². The van der Waals surface area contributed by atoms with Gasteiger partial charge in [-0.15, -0.1) is 11.8 Å². The summed E-state index contributed by atoms with van der Waals surface area (Å²) in [5, 5.41) is 0. The van der Waals surface area contributed by atoms with E-state index in [0.29, 0.717) is 24.4 Å². The Morgan fingerprint density at radius 3 is 2.56 bits per heavy atom. The highest BCUT2D eigenvalue weighted by molar-refractivity contribution is 8.00. The lowest BCUT2D eigenvalue weighted by Crippen LogP contribution is -3.18. The Kier molecular flexibility index (Phi) is 5.65. The molecule has 1 N–H and O–H groups in total. The van der Waals surface area contributed by atoms with E-state index in [1.165, 1.54) is 22.7 Å². The monoisotopic (exact) mass is 391 g/mol.